The van der Waals surface area contributed by atoms with E-state index < -0.39 is 0 Å². The lowest BCUT2D eigenvalue weighted by atomic mass is 9.89. The Morgan fingerprint density at radius 3 is 2.26 bits per heavy atom. The molecule has 0 aliphatic heterocycles. The number of carbonyl (C=O) groups is 3. The highest BCUT2D eigenvalue weighted by Crippen LogP contribution is 2.35. The summed E-state index contributed by atoms with van der Waals surface area (Å²) in [6, 6.07) is 15.1. The summed E-state index contributed by atoms with van der Waals surface area (Å²) in [5.41, 5.74) is 4.74. The molecule has 1 N–H and O–H groups in total. The lowest BCUT2D eigenvalue weighted by Crippen LogP contribution is -2.27. The van der Waals surface area contributed by atoms with Crippen molar-refractivity contribution < 1.29 is 14.4 Å². The third kappa shape index (κ3) is 5.57. The molecule has 0 spiro atoms. The van der Waals surface area contributed by atoms with Gasteiger partial charge >= 0.3 is 0 Å². The van der Waals surface area contributed by atoms with Crippen molar-refractivity contribution in [3.05, 3.63) is 78.0 Å². The molecule has 2 aromatic rings. The minimum absolute atomic E-state index is 0.0329. The smallest absolute Gasteiger partial charge is 0.221 e. The molecule has 2 aromatic carbocycles. The number of fused-ring (bicyclic) bond motifs is 1. The molecular weight excluding hydrogens is 388 g/mol. The predicted octanol–water partition coefficient (Wildman–Crippen LogP) is 5.39. The van der Waals surface area contributed by atoms with Crippen molar-refractivity contribution in [3.63, 3.8) is 0 Å². The van der Waals surface area contributed by atoms with E-state index in [4.69, 9.17) is 0 Å². The van der Waals surface area contributed by atoms with Crippen LogP contribution in [0.5, 0.6) is 0 Å². The second kappa shape index (κ2) is 10.0. The van der Waals surface area contributed by atoms with Crippen molar-refractivity contribution in [1.82, 2.24) is 0 Å². The van der Waals surface area contributed by atoms with Gasteiger partial charge in [0.15, 0.2) is 5.78 Å². The maximum absolute atomic E-state index is 12.8. The van der Waals surface area contributed by atoms with E-state index in [0.717, 1.165) is 47.5 Å². The van der Waals surface area contributed by atoms with Gasteiger partial charge in [-0.1, -0.05) is 37.3 Å². The van der Waals surface area contributed by atoms with Crippen molar-refractivity contribution in [1.29, 1.82) is 0 Å². The van der Waals surface area contributed by atoms with E-state index in [2.05, 4.69) is 16.8 Å². The second-order valence-electron chi connectivity index (χ2n) is 7.81. The van der Waals surface area contributed by atoms with E-state index in [-0.39, 0.29) is 17.5 Å². The third-order valence-corrected chi connectivity index (χ3v) is 5.30. The molecule has 5 nitrogen and oxygen atoms in total. The van der Waals surface area contributed by atoms with E-state index >= 15 is 0 Å². The summed E-state index contributed by atoms with van der Waals surface area (Å²) >= 11 is 0. The van der Waals surface area contributed by atoms with Crippen molar-refractivity contribution in [3.8, 4) is 0 Å². The van der Waals surface area contributed by atoms with Crippen LogP contribution >= 0.6 is 0 Å². The number of unbranched alkanes of at least 4 members (excludes halogenated alkanes) is 2. The van der Waals surface area contributed by atoms with Crippen LogP contribution < -0.4 is 10.2 Å². The van der Waals surface area contributed by atoms with Crippen LogP contribution in [0.1, 0.15) is 55.5 Å². The van der Waals surface area contributed by atoms with Gasteiger partial charge in [-0.15, -0.1) is 0 Å². The zero-order valence-electron chi connectivity index (χ0n) is 18.1. The molecule has 3 rings (SSSR count). The molecular formula is C26H28N2O3. The standard InChI is InChI=1S/C26H28N2O3/c1-18(29)9-5-4-8-16-28(22-14-12-21(13-15-22)27-20(3)30)25-17-26(31)24-11-7-6-10-23(24)19(25)2/h6-7,10-15,17H,2,4-5,8-9,16H2,1,3H3,(H,27,30). The number of amides is 1. The first-order valence-electron chi connectivity index (χ1n) is 10.6. The van der Waals surface area contributed by atoms with Crippen molar-refractivity contribution in [2.45, 2.75) is 39.5 Å². The highest BCUT2D eigenvalue weighted by molar-refractivity contribution is 6.14. The SMILES string of the molecule is C=C1C(N(CCCCCC(C)=O)c2ccc(NC(C)=O)cc2)=CC(=O)c2ccccc21. The summed E-state index contributed by atoms with van der Waals surface area (Å²) in [6.45, 7) is 8.06. The number of rotatable bonds is 9. The van der Waals surface area contributed by atoms with Crippen LogP contribution in [0.2, 0.25) is 0 Å². The Morgan fingerprint density at radius 1 is 0.935 bits per heavy atom. The topological polar surface area (TPSA) is 66.5 Å². The van der Waals surface area contributed by atoms with Gasteiger partial charge < -0.3 is 15.0 Å². The number of allylic oxidation sites excluding steroid dienone is 2. The van der Waals surface area contributed by atoms with E-state index in [0.29, 0.717) is 18.5 Å². The highest BCUT2D eigenvalue weighted by atomic mass is 16.1. The molecule has 160 valence electrons. The van der Waals surface area contributed by atoms with Gasteiger partial charge in [-0.25, -0.2) is 0 Å². The molecule has 0 heterocycles. The van der Waals surface area contributed by atoms with E-state index in [1.807, 2.05) is 48.5 Å². The van der Waals surface area contributed by atoms with Crippen LogP contribution in [0.15, 0.2) is 66.9 Å². The van der Waals surface area contributed by atoms with Gasteiger partial charge in [-0.2, -0.15) is 0 Å². The number of anilines is 2. The summed E-state index contributed by atoms with van der Waals surface area (Å²) in [4.78, 5) is 37.4. The first-order valence-corrected chi connectivity index (χ1v) is 10.6. The van der Waals surface area contributed by atoms with Crippen LogP contribution in [-0.4, -0.2) is 24.0 Å². The largest absolute Gasteiger partial charge is 0.341 e. The van der Waals surface area contributed by atoms with Crippen molar-refractivity contribution >= 4 is 34.4 Å². The van der Waals surface area contributed by atoms with Crippen LogP contribution in [0.3, 0.4) is 0 Å². The number of nitrogens with zero attached hydrogens (tertiary/aromatic N) is 1. The summed E-state index contributed by atoms with van der Waals surface area (Å²) in [7, 11) is 0. The van der Waals surface area contributed by atoms with E-state index in [9.17, 15) is 14.4 Å². The maximum Gasteiger partial charge on any atom is 0.221 e. The van der Waals surface area contributed by atoms with Crippen molar-refractivity contribution in [2.75, 3.05) is 16.8 Å². The molecule has 0 radical (unpaired) electrons. The molecule has 0 saturated carbocycles. The van der Waals surface area contributed by atoms with Crippen LogP contribution in [-0.2, 0) is 9.59 Å². The molecule has 0 aromatic heterocycles. The van der Waals surface area contributed by atoms with Gasteiger partial charge in [0, 0.05) is 42.9 Å². The van der Waals surface area contributed by atoms with Gasteiger partial charge in [0.1, 0.15) is 5.78 Å². The quantitative estimate of drug-likeness (QED) is 0.556. The fraction of sp³-hybridized carbons (Fsp3) is 0.269. The highest BCUT2D eigenvalue weighted by Gasteiger charge is 2.25. The van der Waals surface area contributed by atoms with E-state index in [1.165, 1.54) is 6.92 Å². The molecule has 0 atom stereocenters. The van der Waals surface area contributed by atoms with Crippen LogP contribution in [0.25, 0.3) is 5.57 Å². The summed E-state index contributed by atoms with van der Waals surface area (Å²) in [6.07, 6.45) is 4.90. The molecule has 0 bridgehead atoms. The zero-order valence-corrected chi connectivity index (χ0v) is 18.1. The number of hydrogen-bond acceptors (Lipinski definition) is 4. The average Bonchev–Trinajstić information content (AvgIpc) is 2.74. The first-order chi connectivity index (χ1) is 14.9. The minimum atomic E-state index is -0.124. The van der Waals surface area contributed by atoms with Gasteiger partial charge in [-0.3, -0.25) is 9.59 Å². The fourth-order valence-corrected chi connectivity index (χ4v) is 3.77. The number of hydrogen-bond donors (Lipinski definition) is 1. The molecule has 5 heteroatoms. The number of Topliss-reactive ketones (excluding diaryl/α,β-unsaturated/α-hetero) is 1. The Labute approximate surface area is 183 Å². The van der Waals surface area contributed by atoms with Gasteiger partial charge in [0.25, 0.3) is 0 Å². The molecule has 0 fully saturated rings. The van der Waals surface area contributed by atoms with Crippen LogP contribution in [0.4, 0.5) is 11.4 Å². The third-order valence-electron chi connectivity index (χ3n) is 5.30. The Bertz CT molecular complexity index is 1030. The first kappa shape index (κ1) is 22.2. The maximum atomic E-state index is 12.8. The van der Waals surface area contributed by atoms with Gasteiger partial charge in [0.2, 0.25) is 5.91 Å². The summed E-state index contributed by atoms with van der Waals surface area (Å²) < 4.78 is 0. The molecule has 0 saturated heterocycles. The predicted molar refractivity (Wildman–Crippen MR) is 125 cm³/mol. The average molecular weight is 417 g/mol. The molecule has 1 aliphatic rings. The number of carbonyl (C=O) groups excluding carboxylic acids is 3. The Balaban J connectivity index is 1.87. The summed E-state index contributed by atoms with van der Waals surface area (Å²) in [5.74, 6) is 0.0473. The minimum Gasteiger partial charge on any atom is -0.341 e. The molecule has 1 aliphatic carbocycles. The van der Waals surface area contributed by atoms with E-state index in [1.54, 1.807) is 13.0 Å². The molecule has 0 unspecified atom stereocenters. The Kier molecular flexibility index (Phi) is 7.19. The number of ketones is 2. The van der Waals surface area contributed by atoms with Gasteiger partial charge in [0.05, 0.1) is 5.70 Å². The monoisotopic (exact) mass is 416 g/mol. The normalized spacial score (nSPS) is 12.8. The summed E-state index contributed by atoms with van der Waals surface area (Å²) in [5, 5.41) is 2.77. The van der Waals surface area contributed by atoms with Gasteiger partial charge in [-0.05, 0) is 55.2 Å². The number of benzene rings is 2. The Morgan fingerprint density at radius 2 is 1.61 bits per heavy atom. The second-order valence-corrected chi connectivity index (χ2v) is 7.81. The fourth-order valence-electron chi connectivity index (χ4n) is 3.77. The Hall–Kier alpha value is -3.47. The van der Waals surface area contributed by atoms with Crippen LogP contribution in [0, 0.1) is 0 Å². The number of nitrogens with one attached hydrogen (secondary N) is 1. The lowest BCUT2D eigenvalue weighted by molar-refractivity contribution is -0.117. The molecule has 1 amide bonds. The lowest BCUT2D eigenvalue weighted by Gasteiger charge is -2.31. The molecule has 31 heavy (non-hydrogen) atoms. The zero-order chi connectivity index (χ0) is 22.4. The van der Waals surface area contributed by atoms with Crippen molar-refractivity contribution in [2.24, 2.45) is 0 Å².